The summed E-state index contributed by atoms with van der Waals surface area (Å²) >= 11 is 0. The topological polar surface area (TPSA) is 55.9 Å². The fraction of sp³-hybridized carbons (Fsp3) is 0.600. The number of hydrogen-bond donors (Lipinski definition) is 1. The Kier molecular flexibility index (Phi) is 7.13. The number of carbonyl (C=O) groups is 2. The molecule has 160 valence electrons. The van der Waals surface area contributed by atoms with Crippen LogP contribution >= 0.6 is 0 Å². The molecule has 6 nitrogen and oxygen atoms in total. The molecule has 0 saturated carbocycles. The molecule has 2 saturated heterocycles. The third-order valence-electron chi connectivity index (χ3n) is 5.40. The summed E-state index contributed by atoms with van der Waals surface area (Å²) in [7, 11) is 0. The number of hydrogen-bond acceptors (Lipinski definition) is 4. The third kappa shape index (κ3) is 6.71. The van der Waals surface area contributed by atoms with Crippen molar-refractivity contribution in [1.29, 1.82) is 0 Å². The largest absolute Gasteiger partial charge is 0.406 e. The van der Waals surface area contributed by atoms with Crippen molar-refractivity contribution in [2.45, 2.75) is 19.1 Å². The van der Waals surface area contributed by atoms with Crippen molar-refractivity contribution in [2.24, 2.45) is 5.92 Å². The SMILES string of the molecule is O=C(NCCN1CCN(Cc2ccccc2)CC1)C1CC(=O)N(CC(F)(F)F)C1. The van der Waals surface area contributed by atoms with Crippen molar-refractivity contribution in [2.75, 3.05) is 52.4 Å². The van der Waals surface area contributed by atoms with E-state index in [1.807, 2.05) is 18.2 Å². The standard InChI is InChI=1S/C20H27F3N4O2/c21-20(22,23)15-27-14-17(12-18(27)28)19(29)24-6-7-25-8-10-26(11-9-25)13-16-4-2-1-3-5-16/h1-5,17H,6-15H2,(H,24,29). The van der Waals surface area contributed by atoms with Crippen molar-refractivity contribution in [3.63, 3.8) is 0 Å². The van der Waals surface area contributed by atoms with Crippen LogP contribution in [0, 0.1) is 5.92 Å². The van der Waals surface area contributed by atoms with Gasteiger partial charge in [-0.05, 0) is 5.56 Å². The van der Waals surface area contributed by atoms with E-state index in [0.29, 0.717) is 13.1 Å². The maximum Gasteiger partial charge on any atom is 0.406 e. The van der Waals surface area contributed by atoms with Crippen LogP contribution in [0.2, 0.25) is 0 Å². The monoisotopic (exact) mass is 412 g/mol. The van der Waals surface area contributed by atoms with Gasteiger partial charge in [0, 0.05) is 58.8 Å². The maximum atomic E-state index is 12.5. The Labute approximate surface area is 168 Å². The minimum Gasteiger partial charge on any atom is -0.355 e. The fourth-order valence-electron chi connectivity index (χ4n) is 3.81. The molecule has 2 amide bonds. The molecule has 0 aliphatic carbocycles. The molecule has 9 heteroatoms. The van der Waals surface area contributed by atoms with Gasteiger partial charge < -0.3 is 10.2 Å². The average molecular weight is 412 g/mol. The zero-order valence-corrected chi connectivity index (χ0v) is 16.3. The number of carbonyl (C=O) groups excluding carboxylic acids is 2. The number of nitrogens with one attached hydrogen (secondary N) is 1. The van der Waals surface area contributed by atoms with Crippen LogP contribution in [-0.4, -0.2) is 85.0 Å². The molecule has 2 fully saturated rings. The van der Waals surface area contributed by atoms with Crippen LogP contribution in [0.1, 0.15) is 12.0 Å². The first-order valence-electron chi connectivity index (χ1n) is 9.91. The minimum absolute atomic E-state index is 0.153. The van der Waals surface area contributed by atoms with Gasteiger partial charge in [-0.2, -0.15) is 13.2 Å². The van der Waals surface area contributed by atoms with E-state index in [0.717, 1.165) is 37.6 Å². The van der Waals surface area contributed by atoms with Gasteiger partial charge in [-0.1, -0.05) is 30.3 Å². The zero-order valence-electron chi connectivity index (χ0n) is 16.3. The van der Waals surface area contributed by atoms with E-state index < -0.39 is 24.5 Å². The first kappa shape index (κ1) is 21.6. The summed E-state index contributed by atoms with van der Waals surface area (Å²) < 4.78 is 37.4. The number of alkyl halides is 3. The second-order valence-corrected chi connectivity index (χ2v) is 7.68. The Bertz CT molecular complexity index is 691. The van der Waals surface area contributed by atoms with Crippen molar-refractivity contribution in [3.05, 3.63) is 35.9 Å². The Morgan fingerprint density at radius 2 is 1.72 bits per heavy atom. The first-order valence-corrected chi connectivity index (χ1v) is 9.91. The molecule has 1 atom stereocenters. The van der Waals surface area contributed by atoms with E-state index in [1.165, 1.54) is 5.56 Å². The Morgan fingerprint density at radius 1 is 1.07 bits per heavy atom. The van der Waals surface area contributed by atoms with Gasteiger partial charge in [0.2, 0.25) is 11.8 Å². The van der Waals surface area contributed by atoms with Crippen LogP contribution in [0.25, 0.3) is 0 Å². The van der Waals surface area contributed by atoms with Crippen molar-refractivity contribution >= 4 is 11.8 Å². The highest BCUT2D eigenvalue weighted by Gasteiger charge is 2.40. The van der Waals surface area contributed by atoms with Crippen LogP contribution in [-0.2, 0) is 16.1 Å². The van der Waals surface area contributed by atoms with Crippen LogP contribution in [0.3, 0.4) is 0 Å². The molecule has 0 radical (unpaired) electrons. The second kappa shape index (κ2) is 9.58. The highest BCUT2D eigenvalue weighted by molar-refractivity contribution is 5.89. The van der Waals surface area contributed by atoms with Gasteiger partial charge in [0.25, 0.3) is 0 Å². The highest BCUT2D eigenvalue weighted by atomic mass is 19.4. The van der Waals surface area contributed by atoms with Gasteiger partial charge in [0.15, 0.2) is 0 Å². The molecule has 2 aliphatic heterocycles. The Balaban J connectivity index is 1.32. The van der Waals surface area contributed by atoms with E-state index in [1.54, 1.807) is 0 Å². The summed E-state index contributed by atoms with van der Waals surface area (Å²) in [5.41, 5.74) is 1.29. The summed E-state index contributed by atoms with van der Waals surface area (Å²) in [5.74, 6) is -1.66. The summed E-state index contributed by atoms with van der Waals surface area (Å²) in [6, 6.07) is 10.3. The number of halogens is 3. The number of rotatable bonds is 7. The number of amides is 2. The van der Waals surface area contributed by atoms with Gasteiger partial charge in [0.05, 0.1) is 5.92 Å². The molecule has 3 rings (SSSR count). The van der Waals surface area contributed by atoms with Gasteiger partial charge in [-0.25, -0.2) is 0 Å². The average Bonchev–Trinajstić information content (AvgIpc) is 3.03. The second-order valence-electron chi connectivity index (χ2n) is 7.68. The quantitative estimate of drug-likeness (QED) is 0.734. The number of likely N-dealkylation sites (tertiary alicyclic amines) is 1. The zero-order chi connectivity index (χ0) is 20.9. The van der Waals surface area contributed by atoms with Gasteiger partial charge in [-0.15, -0.1) is 0 Å². The smallest absolute Gasteiger partial charge is 0.355 e. The fourth-order valence-corrected chi connectivity index (χ4v) is 3.81. The third-order valence-corrected chi connectivity index (χ3v) is 5.40. The molecule has 1 aromatic carbocycles. The molecular formula is C20H27F3N4O2. The molecule has 1 aromatic rings. The molecule has 29 heavy (non-hydrogen) atoms. The molecule has 1 N–H and O–H groups in total. The van der Waals surface area contributed by atoms with Crippen molar-refractivity contribution in [1.82, 2.24) is 20.0 Å². The van der Waals surface area contributed by atoms with Crippen molar-refractivity contribution in [3.8, 4) is 0 Å². The normalized spacial score (nSPS) is 21.6. The first-order chi connectivity index (χ1) is 13.8. The summed E-state index contributed by atoms with van der Waals surface area (Å²) in [4.78, 5) is 29.3. The van der Waals surface area contributed by atoms with Crippen LogP contribution in [0.4, 0.5) is 13.2 Å². The van der Waals surface area contributed by atoms with E-state index in [-0.39, 0.29) is 18.9 Å². The lowest BCUT2D eigenvalue weighted by Gasteiger charge is -2.34. The maximum absolute atomic E-state index is 12.5. The number of benzene rings is 1. The molecule has 2 heterocycles. The Hall–Kier alpha value is -2.13. The molecule has 1 unspecified atom stereocenters. The number of piperazine rings is 1. The van der Waals surface area contributed by atoms with Crippen LogP contribution < -0.4 is 5.32 Å². The number of nitrogens with zero attached hydrogens (tertiary/aromatic N) is 3. The summed E-state index contributed by atoms with van der Waals surface area (Å²) in [6.45, 7) is 4.31. The molecule has 0 bridgehead atoms. The molecule has 2 aliphatic rings. The predicted octanol–water partition coefficient (Wildman–Crippen LogP) is 1.33. The predicted molar refractivity (Wildman–Crippen MR) is 102 cm³/mol. The van der Waals surface area contributed by atoms with Crippen molar-refractivity contribution < 1.29 is 22.8 Å². The minimum atomic E-state index is -4.44. The molecule has 0 spiro atoms. The lowest BCUT2D eigenvalue weighted by molar-refractivity contribution is -0.157. The van der Waals surface area contributed by atoms with Crippen LogP contribution in [0.15, 0.2) is 30.3 Å². The van der Waals surface area contributed by atoms with Gasteiger partial charge in [0.1, 0.15) is 6.54 Å². The highest BCUT2D eigenvalue weighted by Crippen LogP contribution is 2.23. The molecular weight excluding hydrogens is 385 g/mol. The van der Waals surface area contributed by atoms with Gasteiger partial charge in [-0.3, -0.25) is 19.4 Å². The van der Waals surface area contributed by atoms with E-state index in [4.69, 9.17) is 0 Å². The molecule has 0 aromatic heterocycles. The van der Waals surface area contributed by atoms with E-state index in [2.05, 4.69) is 27.2 Å². The summed E-state index contributed by atoms with van der Waals surface area (Å²) in [5, 5.41) is 2.77. The van der Waals surface area contributed by atoms with Gasteiger partial charge >= 0.3 is 6.18 Å². The van der Waals surface area contributed by atoms with E-state index >= 15 is 0 Å². The lowest BCUT2D eigenvalue weighted by Crippen LogP contribution is -2.48. The van der Waals surface area contributed by atoms with E-state index in [9.17, 15) is 22.8 Å². The summed E-state index contributed by atoms with van der Waals surface area (Å²) in [6.07, 6.45) is -4.59. The Morgan fingerprint density at radius 3 is 2.38 bits per heavy atom. The lowest BCUT2D eigenvalue weighted by atomic mass is 10.1. The van der Waals surface area contributed by atoms with Crippen LogP contribution in [0.5, 0.6) is 0 Å².